The number of H-pyrrole nitrogens is 1. The number of carbonyl (C=O) groups excluding carboxylic acids is 1. The Kier molecular flexibility index (Phi) is 5.42. The number of nitrogens with one attached hydrogen (secondary N) is 1. The zero-order chi connectivity index (χ0) is 18.0. The highest BCUT2D eigenvalue weighted by Crippen LogP contribution is 2.25. The maximum atomic E-state index is 12.5. The van der Waals surface area contributed by atoms with Gasteiger partial charge in [-0.2, -0.15) is 0 Å². The van der Waals surface area contributed by atoms with Crippen LogP contribution < -0.4 is 11.3 Å². The number of amides is 1. The van der Waals surface area contributed by atoms with Gasteiger partial charge in [0.2, 0.25) is 0 Å². The van der Waals surface area contributed by atoms with E-state index < -0.39 is 5.56 Å². The van der Waals surface area contributed by atoms with Crippen LogP contribution in [0, 0.1) is 5.92 Å². The van der Waals surface area contributed by atoms with E-state index in [0.29, 0.717) is 41.1 Å². The molecular formula is C17H18Cl2N4O2. The lowest BCUT2D eigenvalue weighted by atomic mass is 10.1. The number of nitrogens with zero attached hydrogens (tertiary/aromatic N) is 2. The number of carbonyl (C=O) groups is 1. The Bertz CT molecular complexity index is 833. The van der Waals surface area contributed by atoms with E-state index in [-0.39, 0.29) is 23.8 Å². The molecule has 0 aliphatic carbocycles. The Morgan fingerprint density at radius 3 is 2.68 bits per heavy atom. The number of hydrogen-bond donors (Lipinski definition) is 2. The van der Waals surface area contributed by atoms with Gasteiger partial charge in [-0.3, -0.25) is 9.59 Å². The molecule has 25 heavy (non-hydrogen) atoms. The number of hydrogen-bond acceptors (Lipinski definition) is 4. The van der Waals surface area contributed by atoms with Crippen LogP contribution in [-0.2, 0) is 6.42 Å². The van der Waals surface area contributed by atoms with E-state index in [2.05, 4.69) is 9.97 Å². The molecule has 2 heterocycles. The van der Waals surface area contributed by atoms with Gasteiger partial charge in [-0.05, 0) is 36.6 Å². The van der Waals surface area contributed by atoms with Crippen molar-refractivity contribution >= 4 is 29.1 Å². The van der Waals surface area contributed by atoms with E-state index in [1.807, 2.05) is 0 Å². The van der Waals surface area contributed by atoms with E-state index in [1.165, 1.54) is 6.20 Å². The van der Waals surface area contributed by atoms with Crippen molar-refractivity contribution in [2.24, 2.45) is 11.7 Å². The van der Waals surface area contributed by atoms with Crippen molar-refractivity contribution in [2.45, 2.75) is 12.8 Å². The van der Waals surface area contributed by atoms with Gasteiger partial charge >= 0.3 is 0 Å². The minimum Gasteiger partial charge on any atom is -0.338 e. The zero-order valence-corrected chi connectivity index (χ0v) is 15.0. The first kappa shape index (κ1) is 17.9. The average molecular weight is 381 g/mol. The van der Waals surface area contributed by atoms with Gasteiger partial charge in [0.05, 0.1) is 0 Å². The van der Waals surface area contributed by atoms with Crippen LogP contribution >= 0.6 is 23.2 Å². The van der Waals surface area contributed by atoms with Crippen molar-refractivity contribution in [2.75, 3.05) is 19.6 Å². The van der Waals surface area contributed by atoms with Crippen molar-refractivity contribution in [3.63, 3.8) is 0 Å². The summed E-state index contributed by atoms with van der Waals surface area (Å²) in [6, 6.07) is 5.19. The number of halogens is 2. The number of nitrogens with two attached hydrogens (primary N) is 1. The predicted molar refractivity (Wildman–Crippen MR) is 97.2 cm³/mol. The Labute approximate surface area is 155 Å². The predicted octanol–water partition coefficient (Wildman–Crippen LogP) is 2.09. The van der Waals surface area contributed by atoms with Gasteiger partial charge in [-0.15, -0.1) is 0 Å². The van der Waals surface area contributed by atoms with Crippen LogP contribution in [0.15, 0.2) is 29.2 Å². The molecule has 6 nitrogen and oxygen atoms in total. The number of likely N-dealkylation sites (tertiary alicyclic amines) is 1. The first-order valence-corrected chi connectivity index (χ1v) is 8.75. The molecule has 0 bridgehead atoms. The molecule has 8 heteroatoms. The third-order valence-corrected chi connectivity index (χ3v) is 5.10. The minimum atomic E-state index is -0.464. The van der Waals surface area contributed by atoms with Crippen LogP contribution in [0.3, 0.4) is 0 Å². The topological polar surface area (TPSA) is 92.1 Å². The van der Waals surface area contributed by atoms with E-state index in [0.717, 1.165) is 6.42 Å². The largest absolute Gasteiger partial charge is 0.338 e. The molecule has 1 aromatic heterocycles. The number of benzene rings is 1. The molecule has 1 saturated heterocycles. The fourth-order valence-electron chi connectivity index (χ4n) is 2.92. The lowest BCUT2D eigenvalue weighted by Gasteiger charge is -2.15. The standard InChI is InChI=1S/C17H18Cl2N4O2/c18-13-2-1-3-14(19)11(13)6-15-21-8-12(16(24)22-15)17(25)23-5-4-10(7-20)9-23/h1-3,8,10H,4-7,9,20H2,(H,21,22,24)/t10-/m0/s1. The molecule has 2 aromatic rings. The van der Waals surface area contributed by atoms with E-state index in [1.54, 1.807) is 23.1 Å². The molecule has 1 fully saturated rings. The van der Waals surface area contributed by atoms with E-state index >= 15 is 0 Å². The minimum absolute atomic E-state index is 0.0340. The van der Waals surface area contributed by atoms with Gasteiger partial charge in [0.15, 0.2) is 0 Å². The first-order chi connectivity index (χ1) is 12.0. The third kappa shape index (κ3) is 3.86. The number of rotatable bonds is 4. The maximum absolute atomic E-state index is 12.5. The SMILES string of the molecule is NC[C@@H]1CCN(C(=O)c2cnc(Cc3c(Cl)cccc3Cl)[nH]c2=O)C1. The van der Waals surface area contributed by atoms with Crippen LogP contribution in [0.2, 0.25) is 10.0 Å². The molecule has 1 atom stereocenters. The van der Waals surface area contributed by atoms with Gasteiger partial charge in [0.1, 0.15) is 11.4 Å². The molecule has 0 spiro atoms. The van der Waals surface area contributed by atoms with Crippen LogP contribution in [0.1, 0.15) is 28.2 Å². The summed E-state index contributed by atoms with van der Waals surface area (Å²) in [6.07, 6.45) is 2.45. The van der Waals surface area contributed by atoms with Crippen molar-refractivity contribution in [1.29, 1.82) is 0 Å². The molecule has 0 radical (unpaired) electrons. The van der Waals surface area contributed by atoms with Gasteiger partial charge in [0.25, 0.3) is 11.5 Å². The summed E-state index contributed by atoms with van der Waals surface area (Å²) in [6.45, 7) is 1.72. The molecular weight excluding hydrogens is 363 g/mol. The monoisotopic (exact) mass is 380 g/mol. The number of aromatic amines is 1. The van der Waals surface area contributed by atoms with Crippen LogP contribution in [0.5, 0.6) is 0 Å². The molecule has 1 amide bonds. The first-order valence-electron chi connectivity index (χ1n) is 8.00. The molecule has 3 rings (SSSR count). The summed E-state index contributed by atoms with van der Waals surface area (Å²) in [5.41, 5.74) is 5.89. The molecule has 1 aliphatic rings. The third-order valence-electron chi connectivity index (χ3n) is 4.39. The second kappa shape index (κ2) is 7.56. The fraction of sp³-hybridized carbons (Fsp3) is 0.353. The highest BCUT2D eigenvalue weighted by atomic mass is 35.5. The summed E-state index contributed by atoms with van der Waals surface area (Å²) >= 11 is 12.3. The smallest absolute Gasteiger partial charge is 0.263 e. The Morgan fingerprint density at radius 2 is 2.08 bits per heavy atom. The molecule has 132 valence electrons. The van der Waals surface area contributed by atoms with Crippen LogP contribution in [0.25, 0.3) is 0 Å². The van der Waals surface area contributed by atoms with E-state index in [4.69, 9.17) is 28.9 Å². The van der Waals surface area contributed by atoms with Crippen molar-refractivity contribution < 1.29 is 4.79 Å². The lowest BCUT2D eigenvalue weighted by Crippen LogP contribution is -2.34. The normalized spacial score (nSPS) is 17.1. The second-order valence-corrected chi connectivity index (χ2v) is 6.91. The summed E-state index contributed by atoms with van der Waals surface area (Å²) < 4.78 is 0. The molecule has 1 aliphatic heterocycles. The Balaban J connectivity index is 1.80. The summed E-state index contributed by atoms with van der Waals surface area (Å²) in [7, 11) is 0. The van der Waals surface area contributed by atoms with Gasteiger partial charge in [-0.25, -0.2) is 4.98 Å². The van der Waals surface area contributed by atoms with Gasteiger partial charge < -0.3 is 15.6 Å². The zero-order valence-electron chi connectivity index (χ0n) is 13.5. The van der Waals surface area contributed by atoms with Crippen LogP contribution in [-0.4, -0.2) is 40.4 Å². The highest BCUT2D eigenvalue weighted by molar-refractivity contribution is 6.36. The quantitative estimate of drug-likeness (QED) is 0.848. The van der Waals surface area contributed by atoms with Gasteiger partial charge in [-0.1, -0.05) is 29.3 Å². The summed E-state index contributed by atoms with van der Waals surface area (Å²) in [5, 5.41) is 1.00. The van der Waals surface area contributed by atoms with E-state index in [9.17, 15) is 9.59 Å². The molecule has 0 saturated carbocycles. The molecule has 1 aromatic carbocycles. The number of aromatic nitrogens is 2. The molecule has 0 unspecified atom stereocenters. The molecule has 3 N–H and O–H groups in total. The summed E-state index contributed by atoms with van der Waals surface area (Å²) in [5.74, 6) is 0.377. The Morgan fingerprint density at radius 1 is 1.36 bits per heavy atom. The van der Waals surface area contributed by atoms with Crippen molar-refractivity contribution in [3.8, 4) is 0 Å². The van der Waals surface area contributed by atoms with Crippen molar-refractivity contribution in [3.05, 3.63) is 61.7 Å². The summed E-state index contributed by atoms with van der Waals surface area (Å²) in [4.78, 5) is 33.3. The second-order valence-electron chi connectivity index (χ2n) is 6.09. The lowest BCUT2D eigenvalue weighted by molar-refractivity contribution is 0.0785. The van der Waals surface area contributed by atoms with Crippen LogP contribution in [0.4, 0.5) is 0 Å². The maximum Gasteiger partial charge on any atom is 0.263 e. The fourth-order valence-corrected chi connectivity index (χ4v) is 3.45. The highest BCUT2D eigenvalue weighted by Gasteiger charge is 2.27. The Hall–Kier alpha value is -1.89. The van der Waals surface area contributed by atoms with Gasteiger partial charge in [0, 0.05) is 35.8 Å². The van der Waals surface area contributed by atoms with Crippen molar-refractivity contribution in [1.82, 2.24) is 14.9 Å². The average Bonchev–Trinajstić information content (AvgIpc) is 3.07.